The van der Waals surface area contributed by atoms with Crippen LogP contribution in [0, 0.1) is 0 Å². The summed E-state index contributed by atoms with van der Waals surface area (Å²) in [6.07, 6.45) is -3.20. The number of rotatable bonds is 7. The largest absolute Gasteiger partial charge is 0.490 e. The van der Waals surface area contributed by atoms with E-state index in [1.807, 2.05) is 24.3 Å². The van der Waals surface area contributed by atoms with Crippen molar-refractivity contribution in [1.29, 1.82) is 0 Å². The van der Waals surface area contributed by atoms with E-state index in [1.54, 1.807) is 7.11 Å². The molecule has 1 fully saturated rings. The van der Waals surface area contributed by atoms with Crippen LogP contribution in [0.25, 0.3) is 0 Å². The third-order valence-corrected chi connectivity index (χ3v) is 4.74. The van der Waals surface area contributed by atoms with Gasteiger partial charge < -0.3 is 15.2 Å². The number of carbonyl (C=O) groups excluding carboxylic acids is 1. The number of hydrogen-bond donors (Lipinski definition) is 3. The zero-order chi connectivity index (χ0) is 23.7. The fourth-order valence-electron chi connectivity index (χ4n) is 3.03. The van der Waals surface area contributed by atoms with E-state index in [1.165, 1.54) is 0 Å². The second-order valence-electron chi connectivity index (χ2n) is 6.91. The molecule has 2 aromatic rings. The van der Waals surface area contributed by atoms with Gasteiger partial charge in [0.2, 0.25) is 5.91 Å². The van der Waals surface area contributed by atoms with Crippen LogP contribution in [-0.4, -0.2) is 62.9 Å². The van der Waals surface area contributed by atoms with E-state index < -0.39 is 12.1 Å². The summed E-state index contributed by atoms with van der Waals surface area (Å²) in [7, 11) is 1.59. The van der Waals surface area contributed by atoms with E-state index in [9.17, 15) is 18.0 Å². The average molecular weight is 478 g/mol. The monoisotopic (exact) mass is 477 g/mol. The molecule has 0 bridgehead atoms. The van der Waals surface area contributed by atoms with Crippen LogP contribution in [0.1, 0.15) is 30.1 Å². The van der Waals surface area contributed by atoms with E-state index in [4.69, 9.17) is 26.2 Å². The standard InChI is InChI=1S/C17H22ClN5O2.C2HF3O2/c1-25-11-16-20-15(21-22-16)9-19-17(24)14-3-2-8-23(14)10-12-4-6-13(18)7-5-12;3-2(4,5)1(6)7/h4-7,14H,2-3,8-11H2,1H3,(H,19,24)(H,20,21,22);(H,6,7). The molecule has 1 aromatic carbocycles. The summed E-state index contributed by atoms with van der Waals surface area (Å²) >= 11 is 5.93. The van der Waals surface area contributed by atoms with Crippen molar-refractivity contribution in [2.45, 2.75) is 44.8 Å². The zero-order valence-corrected chi connectivity index (χ0v) is 17.9. The smallest absolute Gasteiger partial charge is 0.475 e. The third kappa shape index (κ3) is 8.09. The number of likely N-dealkylation sites (tertiary alicyclic amines) is 1. The Kier molecular flexibility index (Phi) is 9.42. The number of benzene rings is 1. The molecule has 1 aliphatic rings. The summed E-state index contributed by atoms with van der Waals surface area (Å²) in [6, 6.07) is 7.65. The number of nitrogens with one attached hydrogen (secondary N) is 2. The summed E-state index contributed by atoms with van der Waals surface area (Å²) in [6.45, 7) is 2.35. The van der Waals surface area contributed by atoms with Gasteiger partial charge in [-0.1, -0.05) is 23.7 Å². The number of H-pyrrole nitrogens is 1. The van der Waals surface area contributed by atoms with E-state index in [2.05, 4.69) is 25.4 Å². The zero-order valence-electron chi connectivity index (χ0n) is 17.2. The Morgan fingerprint density at radius 3 is 2.59 bits per heavy atom. The molecule has 176 valence electrons. The number of aliphatic carboxylic acids is 1. The van der Waals surface area contributed by atoms with Crippen LogP contribution in [0.5, 0.6) is 0 Å². The summed E-state index contributed by atoms with van der Waals surface area (Å²) < 4.78 is 36.7. The second kappa shape index (κ2) is 11.8. The molecular formula is C19H23ClF3N5O4. The minimum absolute atomic E-state index is 0.0242. The Bertz CT molecular complexity index is 892. The van der Waals surface area contributed by atoms with Gasteiger partial charge in [-0.2, -0.15) is 18.3 Å². The van der Waals surface area contributed by atoms with Gasteiger partial charge in [0.25, 0.3) is 0 Å². The molecule has 1 aliphatic heterocycles. The van der Waals surface area contributed by atoms with Crippen molar-refractivity contribution in [1.82, 2.24) is 25.4 Å². The Morgan fingerprint density at radius 1 is 1.34 bits per heavy atom. The SMILES string of the molecule is COCc1n[nH]c(CNC(=O)C2CCCN2Cc2ccc(Cl)cc2)n1.O=C(O)C(F)(F)F. The minimum Gasteiger partial charge on any atom is -0.475 e. The number of carboxylic acids is 1. The molecular weight excluding hydrogens is 455 g/mol. The number of aromatic amines is 1. The number of nitrogens with zero attached hydrogens (tertiary/aromatic N) is 3. The topological polar surface area (TPSA) is 120 Å². The highest BCUT2D eigenvalue weighted by Crippen LogP contribution is 2.21. The van der Waals surface area contributed by atoms with Gasteiger partial charge in [-0.25, -0.2) is 9.78 Å². The van der Waals surface area contributed by atoms with E-state index in [0.717, 1.165) is 36.5 Å². The van der Waals surface area contributed by atoms with Gasteiger partial charge in [-0.05, 0) is 37.1 Å². The molecule has 13 heteroatoms. The van der Waals surface area contributed by atoms with E-state index in [-0.39, 0.29) is 11.9 Å². The quantitative estimate of drug-likeness (QED) is 0.560. The van der Waals surface area contributed by atoms with E-state index in [0.29, 0.717) is 24.8 Å². The summed E-state index contributed by atoms with van der Waals surface area (Å²) in [5.74, 6) is -1.52. The highest BCUT2D eigenvalue weighted by molar-refractivity contribution is 6.30. The first kappa shape index (κ1) is 25.6. The molecule has 32 heavy (non-hydrogen) atoms. The molecule has 3 N–H and O–H groups in total. The summed E-state index contributed by atoms with van der Waals surface area (Å²) in [5, 5.41) is 17.6. The van der Waals surface area contributed by atoms with Gasteiger partial charge in [0.05, 0.1) is 12.6 Å². The minimum atomic E-state index is -5.08. The number of amides is 1. The van der Waals surface area contributed by atoms with Crippen LogP contribution in [-0.2, 0) is 34.0 Å². The fourth-order valence-corrected chi connectivity index (χ4v) is 3.16. The van der Waals surface area contributed by atoms with Gasteiger partial charge in [-0.15, -0.1) is 0 Å². The molecule has 0 radical (unpaired) electrons. The third-order valence-electron chi connectivity index (χ3n) is 4.49. The first-order valence-electron chi connectivity index (χ1n) is 9.55. The number of hydrogen-bond acceptors (Lipinski definition) is 6. The maximum atomic E-state index is 12.5. The van der Waals surface area contributed by atoms with Crippen LogP contribution in [0.2, 0.25) is 5.02 Å². The van der Waals surface area contributed by atoms with Gasteiger partial charge >= 0.3 is 12.1 Å². The number of halogens is 4. The molecule has 1 aromatic heterocycles. The first-order chi connectivity index (χ1) is 15.1. The van der Waals surface area contributed by atoms with Gasteiger partial charge in [0.1, 0.15) is 12.4 Å². The second-order valence-corrected chi connectivity index (χ2v) is 7.34. The average Bonchev–Trinajstić information content (AvgIpc) is 3.37. The molecule has 0 saturated carbocycles. The van der Waals surface area contributed by atoms with Crippen molar-refractivity contribution < 1.29 is 32.6 Å². The molecule has 2 heterocycles. The normalized spacial score (nSPS) is 16.3. The Morgan fingerprint density at radius 2 is 2.00 bits per heavy atom. The Hall–Kier alpha value is -2.70. The van der Waals surface area contributed by atoms with E-state index >= 15 is 0 Å². The molecule has 1 saturated heterocycles. The Balaban J connectivity index is 0.000000451. The number of methoxy groups -OCH3 is 1. The van der Waals surface area contributed by atoms with Crippen LogP contribution in [0.3, 0.4) is 0 Å². The lowest BCUT2D eigenvalue weighted by atomic mass is 10.1. The number of carboxylic acid groups (broad SMARTS) is 1. The Labute approximate surface area is 186 Å². The van der Waals surface area contributed by atoms with Crippen molar-refractivity contribution >= 4 is 23.5 Å². The van der Waals surface area contributed by atoms with Crippen molar-refractivity contribution in [3.8, 4) is 0 Å². The highest BCUT2D eigenvalue weighted by atomic mass is 35.5. The number of carbonyl (C=O) groups is 2. The lowest BCUT2D eigenvalue weighted by Gasteiger charge is -2.23. The van der Waals surface area contributed by atoms with Crippen LogP contribution in [0.15, 0.2) is 24.3 Å². The number of alkyl halides is 3. The molecule has 0 aliphatic carbocycles. The molecule has 9 nitrogen and oxygen atoms in total. The number of ether oxygens (including phenoxy) is 1. The van der Waals surface area contributed by atoms with Crippen molar-refractivity contribution in [2.24, 2.45) is 0 Å². The predicted molar refractivity (Wildman–Crippen MR) is 108 cm³/mol. The lowest BCUT2D eigenvalue weighted by Crippen LogP contribution is -2.42. The van der Waals surface area contributed by atoms with Crippen molar-refractivity contribution in [3.05, 3.63) is 46.5 Å². The fraction of sp³-hybridized carbons (Fsp3) is 0.474. The predicted octanol–water partition coefficient (Wildman–Crippen LogP) is 2.52. The van der Waals surface area contributed by atoms with Gasteiger partial charge in [0, 0.05) is 18.7 Å². The molecule has 1 amide bonds. The lowest BCUT2D eigenvalue weighted by molar-refractivity contribution is -0.192. The van der Waals surface area contributed by atoms with Crippen LogP contribution >= 0.6 is 11.6 Å². The molecule has 0 spiro atoms. The summed E-state index contributed by atoms with van der Waals surface area (Å²) in [4.78, 5) is 27.9. The van der Waals surface area contributed by atoms with Crippen LogP contribution in [0.4, 0.5) is 13.2 Å². The maximum absolute atomic E-state index is 12.5. The first-order valence-corrected chi connectivity index (χ1v) is 9.93. The highest BCUT2D eigenvalue weighted by Gasteiger charge is 2.38. The molecule has 1 unspecified atom stereocenters. The maximum Gasteiger partial charge on any atom is 0.490 e. The van der Waals surface area contributed by atoms with Crippen molar-refractivity contribution in [3.63, 3.8) is 0 Å². The van der Waals surface area contributed by atoms with Gasteiger partial charge in [0.15, 0.2) is 5.82 Å². The molecule has 1 atom stereocenters. The van der Waals surface area contributed by atoms with Crippen LogP contribution < -0.4 is 5.32 Å². The number of aromatic nitrogens is 3. The molecule has 3 rings (SSSR count). The van der Waals surface area contributed by atoms with Gasteiger partial charge in [-0.3, -0.25) is 14.8 Å². The van der Waals surface area contributed by atoms with Crippen molar-refractivity contribution in [2.75, 3.05) is 13.7 Å². The summed E-state index contributed by atoms with van der Waals surface area (Å²) in [5.41, 5.74) is 1.16.